The molecule has 0 amide bonds. The van der Waals surface area contributed by atoms with Gasteiger partial charge in [0.2, 0.25) is 0 Å². The van der Waals surface area contributed by atoms with Crippen LogP contribution in [0.25, 0.3) is 77.2 Å². The number of anilines is 3. The third-order valence-electron chi connectivity index (χ3n) is 11.9. The van der Waals surface area contributed by atoms with E-state index in [4.69, 9.17) is 0 Å². The number of aromatic nitrogens is 2. The van der Waals surface area contributed by atoms with E-state index in [9.17, 15) is 0 Å². The first-order valence-electron chi connectivity index (χ1n) is 20.3. The second-order valence-electron chi connectivity index (χ2n) is 15.6. The molecule has 0 unspecified atom stereocenters. The molecule has 0 bridgehead atoms. The van der Waals surface area contributed by atoms with Gasteiger partial charge in [-0.2, -0.15) is 0 Å². The van der Waals surface area contributed by atoms with Gasteiger partial charge in [-0.3, -0.25) is 0 Å². The van der Waals surface area contributed by atoms with Crippen molar-refractivity contribution in [2.75, 3.05) is 4.90 Å². The van der Waals surface area contributed by atoms with Gasteiger partial charge in [0.05, 0.1) is 22.1 Å². The van der Waals surface area contributed by atoms with Crippen molar-refractivity contribution in [1.29, 1.82) is 0 Å². The van der Waals surface area contributed by atoms with Crippen molar-refractivity contribution >= 4 is 60.7 Å². The summed E-state index contributed by atoms with van der Waals surface area (Å²) < 4.78 is 4.75. The molecular formula is C56H41N3. The van der Waals surface area contributed by atoms with E-state index >= 15 is 0 Å². The highest BCUT2D eigenvalue weighted by molar-refractivity contribution is 6.11. The molecule has 0 N–H and O–H groups in total. The molecule has 0 aliphatic rings. The Morgan fingerprint density at radius 1 is 0.288 bits per heavy atom. The summed E-state index contributed by atoms with van der Waals surface area (Å²) in [5.74, 6) is 0. The van der Waals surface area contributed by atoms with Gasteiger partial charge in [-0.05, 0) is 133 Å². The van der Waals surface area contributed by atoms with E-state index in [1.54, 1.807) is 0 Å². The fraction of sp³-hybridized carbons (Fsp3) is 0.0357. The summed E-state index contributed by atoms with van der Waals surface area (Å²) in [6.07, 6.45) is 0. The minimum Gasteiger partial charge on any atom is -0.311 e. The molecule has 2 heterocycles. The van der Waals surface area contributed by atoms with Gasteiger partial charge in [-0.15, -0.1) is 0 Å². The Bertz CT molecular complexity index is 3300. The number of nitrogens with zero attached hydrogens (tertiary/aromatic N) is 3. The van der Waals surface area contributed by atoms with Crippen molar-refractivity contribution in [3.8, 4) is 33.6 Å². The minimum absolute atomic E-state index is 1.11. The van der Waals surface area contributed by atoms with Crippen molar-refractivity contribution in [3.05, 3.63) is 223 Å². The van der Waals surface area contributed by atoms with Gasteiger partial charge < -0.3 is 14.0 Å². The summed E-state index contributed by atoms with van der Waals surface area (Å²) in [7, 11) is 0. The Morgan fingerprint density at radius 2 is 0.644 bits per heavy atom. The third-order valence-corrected chi connectivity index (χ3v) is 11.9. The molecule has 11 aromatic rings. The molecule has 0 atom stereocenters. The van der Waals surface area contributed by atoms with E-state index in [1.807, 2.05) is 0 Å². The first-order valence-corrected chi connectivity index (χ1v) is 20.3. The molecule has 3 heteroatoms. The minimum atomic E-state index is 1.11. The molecule has 0 aliphatic carbocycles. The fourth-order valence-electron chi connectivity index (χ4n) is 8.88. The van der Waals surface area contributed by atoms with Crippen LogP contribution in [0, 0.1) is 13.8 Å². The van der Waals surface area contributed by atoms with Gasteiger partial charge in [-0.1, -0.05) is 126 Å². The van der Waals surface area contributed by atoms with E-state index < -0.39 is 0 Å². The van der Waals surface area contributed by atoms with Crippen molar-refractivity contribution in [2.24, 2.45) is 0 Å². The van der Waals surface area contributed by atoms with E-state index in [2.05, 4.69) is 240 Å². The Hall–Kier alpha value is -7.62. The summed E-state index contributed by atoms with van der Waals surface area (Å²) >= 11 is 0. The SMILES string of the molecule is Cc1ccc(N(c2ccc(-c3ccc4c(c3)c3ccccc3n4-c3ccccc3)cc2)c2ccc(-c3ccc4c(c3)c3ccccc3n4-c3ccc(C)cc3)cc2)cc1. The summed E-state index contributed by atoms with van der Waals surface area (Å²) in [5, 5.41) is 5.02. The number of para-hydroxylation sites is 3. The lowest BCUT2D eigenvalue weighted by Crippen LogP contribution is -2.09. The summed E-state index contributed by atoms with van der Waals surface area (Å²) in [6, 6.07) is 77.5. The van der Waals surface area contributed by atoms with E-state index in [0.717, 1.165) is 17.1 Å². The molecule has 3 nitrogen and oxygen atoms in total. The Kier molecular flexibility index (Phi) is 8.27. The largest absolute Gasteiger partial charge is 0.311 e. The van der Waals surface area contributed by atoms with E-state index in [-0.39, 0.29) is 0 Å². The van der Waals surface area contributed by atoms with Gasteiger partial charge in [0.25, 0.3) is 0 Å². The summed E-state index contributed by atoms with van der Waals surface area (Å²) in [4.78, 5) is 2.35. The van der Waals surface area contributed by atoms with Crippen LogP contribution in [0.3, 0.4) is 0 Å². The molecule has 9 aromatic carbocycles. The maximum atomic E-state index is 2.38. The lowest BCUT2D eigenvalue weighted by Gasteiger charge is -2.26. The average Bonchev–Trinajstić information content (AvgIpc) is 3.80. The number of hydrogen-bond acceptors (Lipinski definition) is 1. The lowest BCUT2D eigenvalue weighted by molar-refractivity contribution is 1.17. The van der Waals surface area contributed by atoms with Gasteiger partial charge in [0.15, 0.2) is 0 Å². The van der Waals surface area contributed by atoms with Crippen LogP contribution in [0.2, 0.25) is 0 Å². The predicted molar refractivity (Wildman–Crippen MR) is 250 cm³/mol. The van der Waals surface area contributed by atoms with Gasteiger partial charge in [-0.25, -0.2) is 0 Å². The zero-order valence-electron chi connectivity index (χ0n) is 33.0. The molecular weight excluding hydrogens is 715 g/mol. The smallest absolute Gasteiger partial charge is 0.0541 e. The van der Waals surface area contributed by atoms with Crippen molar-refractivity contribution in [2.45, 2.75) is 13.8 Å². The lowest BCUT2D eigenvalue weighted by atomic mass is 10.0. The molecule has 0 saturated heterocycles. The van der Waals surface area contributed by atoms with Crippen LogP contribution in [-0.2, 0) is 0 Å². The molecule has 0 spiro atoms. The predicted octanol–water partition coefficient (Wildman–Crippen LogP) is 15.3. The second kappa shape index (κ2) is 14.1. The highest BCUT2D eigenvalue weighted by Crippen LogP contribution is 2.40. The number of rotatable bonds is 7. The zero-order chi connectivity index (χ0) is 39.5. The highest BCUT2D eigenvalue weighted by atomic mass is 15.1. The zero-order valence-corrected chi connectivity index (χ0v) is 33.0. The standard InChI is InChI=1S/C56H41N3/c1-38-16-26-45(27-17-38)57(46-30-20-40(21-31-46)42-24-34-55-51(36-42)49-12-6-8-14-53(49)58(55)44-10-4-3-5-11-44)47-32-22-41(23-33-47)43-25-35-56-52(37-43)50-13-7-9-15-54(50)59(56)48-28-18-39(2)19-29-48/h3-37H,1-2H3. The normalized spacial score (nSPS) is 11.6. The van der Waals surface area contributed by atoms with Crippen molar-refractivity contribution in [3.63, 3.8) is 0 Å². The monoisotopic (exact) mass is 755 g/mol. The second-order valence-corrected chi connectivity index (χ2v) is 15.6. The molecule has 0 radical (unpaired) electrons. The molecule has 2 aromatic heterocycles. The molecule has 280 valence electrons. The maximum absolute atomic E-state index is 2.38. The maximum Gasteiger partial charge on any atom is 0.0541 e. The number of hydrogen-bond donors (Lipinski definition) is 0. The summed E-state index contributed by atoms with van der Waals surface area (Å²) in [5.41, 5.74) is 17.8. The molecule has 11 rings (SSSR count). The number of aryl methyl sites for hydroxylation is 2. The van der Waals surface area contributed by atoms with Crippen molar-refractivity contribution in [1.82, 2.24) is 9.13 Å². The van der Waals surface area contributed by atoms with Crippen LogP contribution in [0.1, 0.15) is 11.1 Å². The molecule has 0 fully saturated rings. The molecule has 0 saturated carbocycles. The first kappa shape index (κ1) is 34.6. The van der Waals surface area contributed by atoms with Crippen LogP contribution in [0.5, 0.6) is 0 Å². The number of benzene rings is 9. The van der Waals surface area contributed by atoms with Crippen LogP contribution in [-0.4, -0.2) is 9.13 Å². The Balaban J connectivity index is 0.949. The third kappa shape index (κ3) is 5.98. The quantitative estimate of drug-likeness (QED) is 0.158. The van der Waals surface area contributed by atoms with E-state index in [1.165, 1.54) is 88.4 Å². The molecule has 0 aliphatic heterocycles. The Labute approximate surface area is 344 Å². The highest BCUT2D eigenvalue weighted by Gasteiger charge is 2.17. The molecule has 59 heavy (non-hydrogen) atoms. The van der Waals surface area contributed by atoms with Crippen molar-refractivity contribution < 1.29 is 0 Å². The van der Waals surface area contributed by atoms with Gasteiger partial charge in [0.1, 0.15) is 0 Å². The number of fused-ring (bicyclic) bond motifs is 6. The first-order chi connectivity index (χ1) is 29.1. The summed E-state index contributed by atoms with van der Waals surface area (Å²) in [6.45, 7) is 4.28. The van der Waals surface area contributed by atoms with Gasteiger partial charge >= 0.3 is 0 Å². The van der Waals surface area contributed by atoms with Crippen LogP contribution >= 0.6 is 0 Å². The van der Waals surface area contributed by atoms with Crippen LogP contribution < -0.4 is 4.90 Å². The van der Waals surface area contributed by atoms with Crippen LogP contribution in [0.15, 0.2) is 212 Å². The Morgan fingerprint density at radius 3 is 1.12 bits per heavy atom. The van der Waals surface area contributed by atoms with Crippen LogP contribution in [0.4, 0.5) is 17.1 Å². The van der Waals surface area contributed by atoms with E-state index in [0.29, 0.717) is 0 Å². The topological polar surface area (TPSA) is 13.1 Å². The van der Waals surface area contributed by atoms with Gasteiger partial charge in [0, 0.05) is 50.0 Å². The fourth-order valence-corrected chi connectivity index (χ4v) is 8.88. The average molecular weight is 756 g/mol.